The molecule has 1 aliphatic carbocycles. The van der Waals surface area contributed by atoms with E-state index in [0.29, 0.717) is 12.5 Å². The topological polar surface area (TPSA) is 58.2 Å². The molecular formula is C16H25N3O2. The molecule has 1 atom stereocenters. The smallest absolute Gasteiger partial charge is 0.228 e. The van der Waals surface area contributed by atoms with Gasteiger partial charge in [-0.15, -0.1) is 0 Å². The van der Waals surface area contributed by atoms with E-state index in [9.17, 15) is 4.79 Å². The number of ether oxygens (including phenoxy) is 1. The zero-order chi connectivity index (χ0) is 14.7. The number of rotatable bonds is 5. The molecule has 1 saturated heterocycles. The first kappa shape index (κ1) is 14.6. The lowest BCUT2D eigenvalue weighted by molar-refractivity contribution is -0.134. The van der Waals surface area contributed by atoms with Gasteiger partial charge in [-0.1, -0.05) is 12.8 Å². The number of carbonyl (C=O) groups is 1. The Morgan fingerprint density at radius 2 is 2.19 bits per heavy atom. The molecule has 2 heterocycles. The van der Waals surface area contributed by atoms with Crippen LogP contribution in [0, 0.1) is 6.92 Å². The molecule has 0 spiro atoms. The highest BCUT2D eigenvalue weighted by atomic mass is 16.5. The van der Waals surface area contributed by atoms with Gasteiger partial charge in [-0.25, -0.2) is 0 Å². The predicted octanol–water partition coefficient (Wildman–Crippen LogP) is 2.21. The number of carbonyl (C=O) groups excluding carboxylic acids is 1. The van der Waals surface area contributed by atoms with Crippen molar-refractivity contribution in [3.8, 4) is 0 Å². The lowest BCUT2D eigenvalue weighted by atomic mass is 10.1. The molecule has 21 heavy (non-hydrogen) atoms. The third-order valence-corrected chi connectivity index (χ3v) is 4.60. The van der Waals surface area contributed by atoms with Gasteiger partial charge in [0.1, 0.15) is 0 Å². The van der Waals surface area contributed by atoms with Crippen molar-refractivity contribution in [1.29, 1.82) is 0 Å². The SMILES string of the molecule is Cc1cc(CC(=O)N(C[C@@H]2CCCO2)C2CCCC2)n[nH]1. The van der Waals surface area contributed by atoms with Crippen LogP contribution < -0.4 is 0 Å². The normalized spacial score (nSPS) is 22.8. The van der Waals surface area contributed by atoms with Crippen LogP contribution in [0.15, 0.2) is 6.07 Å². The van der Waals surface area contributed by atoms with E-state index in [1.807, 2.05) is 13.0 Å². The lowest BCUT2D eigenvalue weighted by Crippen LogP contribution is -2.44. The highest BCUT2D eigenvalue weighted by Gasteiger charge is 2.30. The van der Waals surface area contributed by atoms with Crippen molar-refractivity contribution in [2.75, 3.05) is 13.2 Å². The van der Waals surface area contributed by atoms with Gasteiger partial charge in [-0.2, -0.15) is 5.10 Å². The first-order valence-corrected chi connectivity index (χ1v) is 8.14. The van der Waals surface area contributed by atoms with Gasteiger partial charge >= 0.3 is 0 Å². The standard InChI is InChI=1S/C16H25N3O2/c1-12-9-13(18-17-12)10-16(20)19(14-5-2-3-6-14)11-15-7-4-8-21-15/h9,14-15H,2-8,10-11H2,1H3,(H,17,18)/t15-/m0/s1. The Morgan fingerprint density at radius 1 is 1.38 bits per heavy atom. The van der Waals surface area contributed by atoms with E-state index in [0.717, 1.165) is 50.2 Å². The van der Waals surface area contributed by atoms with Gasteiger partial charge in [0, 0.05) is 24.9 Å². The van der Waals surface area contributed by atoms with E-state index in [4.69, 9.17) is 4.74 Å². The van der Waals surface area contributed by atoms with Crippen molar-refractivity contribution in [2.45, 2.75) is 64.0 Å². The van der Waals surface area contributed by atoms with Crippen molar-refractivity contribution < 1.29 is 9.53 Å². The van der Waals surface area contributed by atoms with E-state index in [2.05, 4.69) is 15.1 Å². The summed E-state index contributed by atoms with van der Waals surface area (Å²) in [4.78, 5) is 14.8. The van der Waals surface area contributed by atoms with E-state index < -0.39 is 0 Å². The van der Waals surface area contributed by atoms with Crippen molar-refractivity contribution in [3.05, 3.63) is 17.5 Å². The van der Waals surface area contributed by atoms with Crippen LogP contribution in [0.25, 0.3) is 0 Å². The Hall–Kier alpha value is -1.36. The van der Waals surface area contributed by atoms with Crippen molar-refractivity contribution in [3.63, 3.8) is 0 Å². The van der Waals surface area contributed by atoms with Crippen LogP contribution in [0.5, 0.6) is 0 Å². The summed E-state index contributed by atoms with van der Waals surface area (Å²) >= 11 is 0. The maximum absolute atomic E-state index is 12.7. The summed E-state index contributed by atoms with van der Waals surface area (Å²) in [5.74, 6) is 0.198. The molecule has 1 N–H and O–H groups in total. The van der Waals surface area contributed by atoms with Crippen LogP contribution in [0.1, 0.15) is 49.9 Å². The van der Waals surface area contributed by atoms with Gasteiger partial charge in [-0.3, -0.25) is 9.89 Å². The summed E-state index contributed by atoms with van der Waals surface area (Å²) in [5.41, 5.74) is 1.84. The minimum atomic E-state index is 0.198. The summed E-state index contributed by atoms with van der Waals surface area (Å²) < 4.78 is 5.73. The second kappa shape index (κ2) is 6.60. The molecule has 2 fully saturated rings. The molecule has 0 radical (unpaired) electrons. The van der Waals surface area contributed by atoms with Crippen molar-refractivity contribution >= 4 is 5.91 Å². The number of H-pyrrole nitrogens is 1. The summed E-state index contributed by atoms with van der Waals surface area (Å²) in [6.07, 6.45) is 7.58. The van der Waals surface area contributed by atoms with Gasteiger partial charge in [0.05, 0.1) is 18.2 Å². The average molecular weight is 291 g/mol. The largest absolute Gasteiger partial charge is 0.376 e. The second-order valence-corrected chi connectivity index (χ2v) is 6.34. The summed E-state index contributed by atoms with van der Waals surface area (Å²) in [6.45, 7) is 3.56. The van der Waals surface area contributed by atoms with Gasteiger partial charge in [0.15, 0.2) is 0 Å². The second-order valence-electron chi connectivity index (χ2n) is 6.34. The molecule has 0 bridgehead atoms. The minimum absolute atomic E-state index is 0.198. The minimum Gasteiger partial charge on any atom is -0.376 e. The monoisotopic (exact) mass is 291 g/mol. The number of amides is 1. The van der Waals surface area contributed by atoms with Crippen LogP contribution in [0.2, 0.25) is 0 Å². The lowest BCUT2D eigenvalue weighted by Gasteiger charge is -2.31. The Kier molecular flexibility index (Phi) is 4.58. The summed E-state index contributed by atoms with van der Waals surface area (Å²) in [6, 6.07) is 2.36. The van der Waals surface area contributed by atoms with Gasteiger partial charge < -0.3 is 9.64 Å². The molecule has 1 saturated carbocycles. The fourth-order valence-corrected chi connectivity index (χ4v) is 3.50. The first-order chi connectivity index (χ1) is 10.2. The predicted molar refractivity (Wildman–Crippen MR) is 80.0 cm³/mol. The molecule has 0 aromatic carbocycles. The van der Waals surface area contributed by atoms with Crippen molar-refractivity contribution in [1.82, 2.24) is 15.1 Å². The molecule has 3 rings (SSSR count). The van der Waals surface area contributed by atoms with Crippen LogP contribution in [0.4, 0.5) is 0 Å². The van der Waals surface area contributed by atoms with E-state index >= 15 is 0 Å². The number of aromatic nitrogens is 2. The van der Waals surface area contributed by atoms with Crippen molar-refractivity contribution in [2.24, 2.45) is 0 Å². The van der Waals surface area contributed by atoms with E-state index in [1.165, 1.54) is 12.8 Å². The van der Waals surface area contributed by atoms with Crippen LogP contribution in [-0.2, 0) is 16.0 Å². The maximum atomic E-state index is 12.7. The average Bonchev–Trinajstić information content (AvgIpc) is 3.18. The molecule has 1 amide bonds. The van der Waals surface area contributed by atoms with E-state index in [1.54, 1.807) is 0 Å². The number of aromatic amines is 1. The van der Waals surface area contributed by atoms with Crippen LogP contribution in [-0.4, -0.2) is 46.3 Å². The highest BCUT2D eigenvalue weighted by molar-refractivity contribution is 5.78. The Bertz CT molecular complexity index is 474. The van der Waals surface area contributed by atoms with Crippen LogP contribution in [0.3, 0.4) is 0 Å². The quantitative estimate of drug-likeness (QED) is 0.905. The molecule has 1 aromatic rings. The third kappa shape index (κ3) is 3.64. The first-order valence-electron chi connectivity index (χ1n) is 8.14. The summed E-state index contributed by atoms with van der Waals surface area (Å²) in [5, 5.41) is 7.10. The van der Waals surface area contributed by atoms with Gasteiger partial charge in [0.2, 0.25) is 5.91 Å². The Morgan fingerprint density at radius 3 is 2.81 bits per heavy atom. The number of nitrogens with zero attached hydrogens (tertiary/aromatic N) is 2. The molecular weight excluding hydrogens is 266 g/mol. The number of aryl methyl sites for hydroxylation is 1. The fraction of sp³-hybridized carbons (Fsp3) is 0.750. The molecule has 5 heteroatoms. The Labute approximate surface area is 126 Å². The molecule has 116 valence electrons. The van der Waals surface area contributed by atoms with Crippen LogP contribution >= 0.6 is 0 Å². The Balaban J connectivity index is 1.65. The number of hydrogen-bond acceptors (Lipinski definition) is 3. The number of hydrogen-bond donors (Lipinski definition) is 1. The van der Waals surface area contributed by atoms with E-state index in [-0.39, 0.29) is 12.0 Å². The highest BCUT2D eigenvalue weighted by Crippen LogP contribution is 2.26. The molecule has 1 aliphatic heterocycles. The zero-order valence-electron chi connectivity index (χ0n) is 12.8. The molecule has 2 aliphatic rings. The molecule has 5 nitrogen and oxygen atoms in total. The zero-order valence-corrected chi connectivity index (χ0v) is 12.8. The van der Waals surface area contributed by atoms with Gasteiger partial charge in [0.25, 0.3) is 0 Å². The maximum Gasteiger partial charge on any atom is 0.228 e. The molecule has 0 unspecified atom stereocenters. The third-order valence-electron chi connectivity index (χ3n) is 4.60. The number of nitrogens with one attached hydrogen (secondary N) is 1. The fourth-order valence-electron chi connectivity index (χ4n) is 3.50. The summed E-state index contributed by atoms with van der Waals surface area (Å²) in [7, 11) is 0. The van der Waals surface area contributed by atoms with Gasteiger partial charge in [-0.05, 0) is 38.7 Å². The molecule has 1 aromatic heterocycles.